The first kappa shape index (κ1) is 14.7. The second-order valence-electron chi connectivity index (χ2n) is 7.85. The third kappa shape index (κ3) is 2.17. The highest BCUT2D eigenvalue weighted by Crippen LogP contribution is 2.61. The zero-order valence-corrected chi connectivity index (χ0v) is 13.6. The standard InChI is InChI=1S/C17H30BN/c1-7-17(11-9-8-10-14(17)19-6)18-12-15(2,3)16(4,5)13-18/h8-10,19H,7,11-13H2,1-6H3. The molecule has 1 saturated heterocycles. The van der Waals surface area contributed by atoms with Crippen LogP contribution >= 0.6 is 0 Å². The molecule has 1 fully saturated rings. The van der Waals surface area contributed by atoms with E-state index >= 15 is 0 Å². The number of hydrogen-bond acceptors (Lipinski definition) is 1. The van der Waals surface area contributed by atoms with E-state index < -0.39 is 0 Å². The largest absolute Gasteiger partial charge is 0.392 e. The van der Waals surface area contributed by atoms with Crippen molar-refractivity contribution in [2.24, 2.45) is 10.8 Å². The first-order valence-corrected chi connectivity index (χ1v) is 7.84. The van der Waals surface area contributed by atoms with Gasteiger partial charge in [-0.15, -0.1) is 0 Å². The fourth-order valence-electron chi connectivity index (χ4n) is 4.31. The Morgan fingerprint density at radius 1 is 1.16 bits per heavy atom. The van der Waals surface area contributed by atoms with Gasteiger partial charge in [-0.05, 0) is 28.6 Å². The number of nitrogens with one attached hydrogen (secondary N) is 1. The van der Waals surface area contributed by atoms with Crippen LogP contribution < -0.4 is 5.32 Å². The van der Waals surface area contributed by atoms with Crippen LogP contribution in [-0.2, 0) is 0 Å². The van der Waals surface area contributed by atoms with Crippen LogP contribution in [0.15, 0.2) is 23.9 Å². The molecule has 1 unspecified atom stereocenters. The summed E-state index contributed by atoms with van der Waals surface area (Å²) in [5.74, 6) is 0. The van der Waals surface area contributed by atoms with Crippen LogP contribution in [0, 0.1) is 10.8 Å². The molecule has 1 aliphatic heterocycles. The molecule has 0 bridgehead atoms. The molecule has 0 radical (unpaired) electrons. The maximum atomic E-state index is 3.49. The molecule has 0 saturated carbocycles. The first-order chi connectivity index (χ1) is 8.79. The Bertz CT molecular complexity index is 389. The average Bonchev–Trinajstić information content (AvgIpc) is 2.58. The Labute approximate surface area is 120 Å². The van der Waals surface area contributed by atoms with Crippen LogP contribution in [0.4, 0.5) is 0 Å². The maximum Gasteiger partial charge on any atom is 0.155 e. The molecule has 1 aliphatic carbocycles. The highest BCUT2D eigenvalue weighted by molar-refractivity contribution is 6.64. The zero-order chi connectivity index (χ0) is 14.3. The summed E-state index contributed by atoms with van der Waals surface area (Å²) >= 11 is 0. The molecule has 0 amide bonds. The molecule has 0 aromatic carbocycles. The molecule has 2 rings (SSSR count). The minimum absolute atomic E-state index is 0.342. The summed E-state index contributed by atoms with van der Waals surface area (Å²) in [6.07, 6.45) is 12.0. The van der Waals surface area contributed by atoms with Gasteiger partial charge in [0.1, 0.15) is 0 Å². The molecule has 2 heteroatoms. The lowest BCUT2D eigenvalue weighted by Gasteiger charge is -2.40. The Morgan fingerprint density at radius 2 is 1.74 bits per heavy atom. The van der Waals surface area contributed by atoms with Crippen molar-refractivity contribution in [3.05, 3.63) is 23.9 Å². The van der Waals surface area contributed by atoms with Crippen molar-refractivity contribution >= 4 is 6.71 Å². The van der Waals surface area contributed by atoms with E-state index in [4.69, 9.17) is 0 Å². The Kier molecular flexibility index (Phi) is 3.66. The van der Waals surface area contributed by atoms with Gasteiger partial charge in [0.2, 0.25) is 0 Å². The second-order valence-corrected chi connectivity index (χ2v) is 7.85. The van der Waals surface area contributed by atoms with Gasteiger partial charge < -0.3 is 5.32 Å². The van der Waals surface area contributed by atoms with Crippen LogP contribution in [0.1, 0.15) is 47.5 Å². The Morgan fingerprint density at radius 3 is 2.21 bits per heavy atom. The minimum atomic E-state index is 0.342. The highest BCUT2D eigenvalue weighted by Gasteiger charge is 2.55. The third-order valence-electron chi connectivity index (χ3n) is 6.44. The normalized spacial score (nSPS) is 32.3. The van der Waals surface area contributed by atoms with Crippen LogP contribution in [0.3, 0.4) is 0 Å². The van der Waals surface area contributed by atoms with Gasteiger partial charge in [0.15, 0.2) is 6.71 Å². The number of rotatable bonds is 3. The number of allylic oxidation sites excluding steroid dienone is 4. The maximum absolute atomic E-state index is 3.49. The molecule has 1 heterocycles. The second kappa shape index (κ2) is 4.72. The van der Waals surface area contributed by atoms with E-state index in [1.807, 2.05) is 0 Å². The van der Waals surface area contributed by atoms with E-state index in [1.165, 1.54) is 31.2 Å². The van der Waals surface area contributed by atoms with Crippen molar-refractivity contribution in [2.45, 2.75) is 65.4 Å². The molecular formula is C17H30BN. The lowest BCUT2D eigenvalue weighted by atomic mass is 9.28. The summed E-state index contributed by atoms with van der Waals surface area (Å²) in [7, 11) is 2.08. The molecule has 106 valence electrons. The van der Waals surface area contributed by atoms with Crippen LogP contribution in [-0.4, -0.2) is 13.8 Å². The van der Waals surface area contributed by atoms with Gasteiger partial charge in [0.05, 0.1) is 0 Å². The first-order valence-electron chi connectivity index (χ1n) is 7.84. The lowest BCUT2D eigenvalue weighted by molar-refractivity contribution is 0.177. The van der Waals surface area contributed by atoms with E-state index in [9.17, 15) is 0 Å². The van der Waals surface area contributed by atoms with Crippen molar-refractivity contribution in [3.63, 3.8) is 0 Å². The summed E-state index contributed by atoms with van der Waals surface area (Å²) in [5, 5.41) is 3.83. The topological polar surface area (TPSA) is 12.0 Å². The molecule has 0 aromatic heterocycles. The summed E-state index contributed by atoms with van der Waals surface area (Å²) < 4.78 is 0. The Balaban J connectivity index is 2.35. The van der Waals surface area contributed by atoms with Crippen LogP contribution in [0.5, 0.6) is 0 Å². The van der Waals surface area contributed by atoms with Crippen LogP contribution in [0.25, 0.3) is 0 Å². The van der Waals surface area contributed by atoms with Crippen molar-refractivity contribution in [3.8, 4) is 0 Å². The fraction of sp³-hybridized carbons (Fsp3) is 0.765. The van der Waals surface area contributed by atoms with Gasteiger partial charge in [0, 0.05) is 12.7 Å². The van der Waals surface area contributed by atoms with Crippen molar-refractivity contribution in [1.82, 2.24) is 5.32 Å². The molecule has 0 spiro atoms. The predicted octanol–water partition coefficient (Wildman–Crippen LogP) is 4.76. The third-order valence-corrected chi connectivity index (χ3v) is 6.44. The van der Waals surface area contributed by atoms with E-state index in [1.54, 1.807) is 0 Å². The molecule has 2 aliphatic rings. The van der Waals surface area contributed by atoms with E-state index in [2.05, 4.69) is 65.2 Å². The van der Waals surface area contributed by atoms with Gasteiger partial charge in [-0.3, -0.25) is 0 Å². The van der Waals surface area contributed by atoms with Gasteiger partial charge in [-0.1, -0.05) is 65.8 Å². The minimum Gasteiger partial charge on any atom is -0.392 e. The smallest absolute Gasteiger partial charge is 0.155 e. The SMILES string of the molecule is CCC1(B2CC(C)(C)C(C)(C)C2)CC=CC=C1NC. The molecular weight excluding hydrogens is 229 g/mol. The summed E-state index contributed by atoms with van der Waals surface area (Å²) in [5.41, 5.74) is 2.34. The molecule has 1 nitrogen and oxygen atoms in total. The highest BCUT2D eigenvalue weighted by atomic mass is 14.9. The van der Waals surface area contributed by atoms with E-state index in [0.29, 0.717) is 16.1 Å². The molecule has 1 N–H and O–H groups in total. The molecule has 0 aromatic rings. The predicted molar refractivity (Wildman–Crippen MR) is 86.8 cm³/mol. The number of hydrogen-bond donors (Lipinski definition) is 1. The van der Waals surface area contributed by atoms with Crippen LogP contribution in [0.2, 0.25) is 18.0 Å². The lowest BCUT2D eigenvalue weighted by Crippen LogP contribution is -2.37. The summed E-state index contributed by atoms with van der Waals surface area (Å²) in [6.45, 7) is 13.0. The summed E-state index contributed by atoms with van der Waals surface area (Å²) in [4.78, 5) is 0. The van der Waals surface area contributed by atoms with E-state index in [-0.39, 0.29) is 0 Å². The average molecular weight is 259 g/mol. The van der Waals surface area contributed by atoms with E-state index in [0.717, 1.165) is 6.71 Å². The van der Waals surface area contributed by atoms with Crippen molar-refractivity contribution < 1.29 is 0 Å². The van der Waals surface area contributed by atoms with Gasteiger partial charge in [0.25, 0.3) is 0 Å². The monoisotopic (exact) mass is 259 g/mol. The Hall–Kier alpha value is -0.655. The molecule has 19 heavy (non-hydrogen) atoms. The van der Waals surface area contributed by atoms with Gasteiger partial charge in [-0.2, -0.15) is 0 Å². The van der Waals surface area contributed by atoms with Crippen molar-refractivity contribution in [1.29, 1.82) is 0 Å². The zero-order valence-electron chi connectivity index (χ0n) is 13.6. The summed E-state index contributed by atoms with van der Waals surface area (Å²) in [6, 6.07) is 0. The fourth-order valence-corrected chi connectivity index (χ4v) is 4.31. The van der Waals surface area contributed by atoms with Gasteiger partial charge >= 0.3 is 0 Å². The van der Waals surface area contributed by atoms with Crippen molar-refractivity contribution in [2.75, 3.05) is 7.05 Å². The van der Waals surface area contributed by atoms with Gasteiger partial charge in [-0.25, -0.2) is 0 Å². The molecule has 1 atom stereocenters. The quantitative estimate of drug-likeness (QED) is 0.720.